The van der Waals surface area contributed by atoms with E-state index in [1.54, 1.807) is 0 Å². The molecular weight excluding hydrogens is 458 g/mol. The van der Waals surface area contributed by atoms with E-state index >= 15 is 0 Å². The molecule has 0 aromatic heterocycles. The van der Waals surface area contributed by atoms with Gasteiger partial charge in [-0.2, -0.15) is 36.5 Å². The molecule has 1 rings (SSSR count). The SMILES string of the molecule is CC(=N\NC(=S)NCC(F)(F)F)/C(=N/NC(=S)NCC(F)(F)F)c1ccc(O)cc1. The van der Waals surface area contributed by atoms with Crippen molar-refractivity contribution in [1.82, 2.24) is 21.5 Å². The number of hydrogen-bond donors (Lipinski definition) is 5. The Kier molecular flexibility index (Phi) is 9.22. The number of halogens is 6. The van der Waals surface area contributed by atoms with Crippen LogP contribution in [0.4, 0.5) is 26.3 Å². The van der Waals surface area contributed by atoms with Gasteiger partial charge >= 0.3 is 12.4 Å². The molecule has 0 heterocycles. The van der Waals surface area contributed by atoms with E-state index in [-0.39, 0.29) is 17.2 Å². The first kappa shape index (κ1) is 25.4. The van der Waals surface area contributed by atoms with E-state index in [1.165, 1.54) is 31.2 Å². The van der Waals surface area contributed by atoms with Gasteiger partial charge in [-0.05, 0) is 55.6 Å². The van der Waals surface area contributed by atoms with Gasteiger partial charge in [0, 0.05) is 5.56 Å². The Labute approximate surface area is 177 Å². The van der Waals surface area contributed by atoms with Crippen LogP contribution in [0.5, 0.6) is 5.75 Å². The quantitative estimate of drug-likeness (QED) is 0.187. The van der Waals surface area contributed by atoms with E-state index in [9.17, 15) is 31.4 Å². The summed E-state index contributed by atoms with van der Waals surface area (Å²) in [6.07, 6.45) is -8.97. The number of aromatic hydroxyl groups is 1. The molecular formula is C15H16F6N6OS2. The van der Waals surface area contributed by atoms with Gasteiger partial charge in [0.1, 0.15) is 24.6 Å². The fourth-order valence-electron chi connectivity index (χ4n) is 1.71. The van der Waals surface area contributed by atoms with Crippen molar-refractivity contribution in [2.24, 2.45) is 10.2 Å². The maximum absolute atomic E-state index is 12.2. The van der Waals surface area contributed by atoms with Gasteiger partial charge in [-0.1, -0.05) is 0 Å². The zero-order chi connectivity index (χ0) is 22.9. The van der Waals surface area contributed by atoms with Gasteiger partial charge in [0.2, 0.25) is 0 Å². The molecule has 0 aliphatic heterocycles. The number of nitrogens with one attached hydrogen (secondary N) is 4. The van der Waals surface area contributed by atoms with E-state index in [0.29, 0.717) is 5.56 Å². The maximum atomic E-state index is 12.2. The summed E-state index contributed by atoms with van der Waals surface area (Å²) in [5.41, 5.74) is 4.96. The summed E-state index contributed by atoms with van der Waals surface area (Å²) in [5.74, 6) is -0.0568. The Morgan fingerprint density at radius 1 is 0.867 bits per heavy atom. The average molecular weight is 474 g/mol. The minimum atomic E-state index is -4.49. The fraction of sp³-hybridized carbons (Fsp3) is 0.333. The van der Waals surface area contributed by atoms with Crippen molar-refractivity contribution in [3.05, 3.63) is 29.8 Å². The summed E-state index contributed by atoms with van der Waals surface area (Å²) in [4.78, 5) is 0. The van der Waals surface area contributed by atoms with Crippen LogP contribution in [0.1, 0.15) is 12.5 Å². The van der Waals surface area contributed by atoms with E-state index in [4.69, 9.17) is 12.2 Å². The molecule has 30 heavy (non-hydrogen) atoms. The first-order valence-corrected chi connectivity index (χ1v) is 8.71. The van der Waals surface area contributed by atoms with E-state index in [2.05, 4.69) is 33.3 Å². The predicted molar refractivity (Wildman–Crippen MR) is 107 cm³/mol. The molecule has 0 atom stereocenters. The molecule has 0 aliphatic rings. The van der Waals surface area contributed by atoms with Crippen LogP contribution in [0.3, 0.4) is 0 Å². The first-order valence-electron chi connectivity index (χ1n) is 7.90. The topological polar surface area (TPSA) is 93.1 Å². The lowest BCUT2D eigenvalue weighted by Gasteiger charge is -2.12. The summed E-state index contributed by atoms with van der Waals surface area (Å²) in [5, 5.41) is 20.1. The van der Waals surface area contributed by atoms with E-state index in [1.807, 2.05) is 10.6 Å². The molecule has 0 bridgehead atoms. The molecule has 15 heteroatoms. The molecule has 166 valence electrons. The molecule has 1 aromatic carbocycles. The Balaban J connectivity index is 2.93. The summed E-state index contributed by atoms with van der Waals surface area (Å²) in [6, 6.07) is 5.51. The summed E-state index contributed by atoms with van der Waals surface area (Å²) >= 11 is 9.39. The number of hydrogen-bond acceptors (Lipinski definition) is 5. The van der Waals surface area contributed by atoms with E-state index < -0.39 is 35.7 Å². The van der Waals surface area contributed by atoms with Crippen LogP contribution in [0.15, 0.2) is 34.5 Å². The average Bonchev–Trinajstić information content (AvgIpc) is 2.63. The number of rotatable bonds is 6. The van der Waals surface area contributed by atoms with Gasteiger partial charge in [-0.3, -0.25) is 10.9 Å². The highest BCUT2D eigenvalue weighted by molar-refractivity contribution is 7.80. The molecule has 0 fully saturated rings. The van der Waals surface area contributed by atoms with Gasteiger partial charge in [0.15, 0.2) is 10.2 Å². The van der Waals surface area contributed by atoms with Crippen LogP contribution in [0, 0.1) is 0 Å². The van der Waals surface area contributed by atoms with Crippen LogP contribution < -0.4 is 21.5 Å². The lowest BCUT2D eigenvalue weighted by atomic mass is 10.1. The smallest absolute Gasteiger partial charge is 0.405 e. The Hall–Kier alpha value is -2.68. The van der Waals surface area contributed by atoms with Crippen LogP contribution in [-0.2, 0) is 0 Å². The fourth-order valence-corrected chi connectivity index (χ4v) is 1.94. The number of phenols is 1. The number of alkyl halides is 6. The molecule has 0 saturated carbocycles. The molecule has 1 aromatic rings. The minimum absolute atomic E-state index is 0.0568. The zero-order valence-corrected chi connectivity index (χ0v) is 16.8. The first-order chi connectivity index (χ1) is 13.8. The number of nitrogens with zero attached hydrogens (tertiary/aromatic N) is 2. The van der Waals surface area contributed by atoms with Gasteiger partial charge in [-0.15, -0.1) is 0 Å². The maximum Gasteiger partial charge on any atom is 0.405 e. The minimum Gasteiger partial charge on any atom is -0.508 e. The molecule has 0 amide bonds. The summed E-state index contributed by atoms with van der Waals surface area (Å²) in [7, 11) is 0. The highest BCUT2D eigenvalue weighted by Crippen LogP contribution is 2.13. The zero-order valence-electron chi connectivity index (χ0n) is 15.1. The number of thiocarbonyl (C=S) groups is 2. The Bertz CT molecular complexity index is 807. The highest BCUT2D eigenvalue weighted by Gasteiger charge is 2.27. The third-order valence-electron chi connectivity index (χ3n) is 2.98. The van der Waals surface area contributed by atoms with Gasteiger partial charge < -0.3 is 15.7 Å². The second kappa shape index (κ2) is 10.9. The van der Waals surface area contributed by atoms with E-state index in [0.717, 1.165) is 0 Å². The van der Waals surface area contributed by atoms with Crippen molar-refractivity contribution in [2.45, 2.75) is 19.3 Å². The monoisotopic (exact) mass is 474 g/mol. The van der Waals surface area contributed by atoms with Gasteiger partial charge in [-0.25, -0.2) is 0 Å². The van der Waals surface area contributed by atoms with Crippen LogP contribution >= 0.6 is 24.4 Å². The van der Waals surface area contributed by atoms with Crippen LogP contribution in [0.2, 0.25) is 0 Å². The second-order valence-electron chi connectivity index (χ2n) is 5.52. The largest absolute Gasteiger partial charge is 0.508 e. The standard InChI is InChI=1S/C15H16F6N6OS2/c1-8(24-26-12(29)22-6-14(16,17)18)11(9-2-4-10(28)5-3-9)25-27-13(30)23-7-15(19,20)21/h2-5,28H,6-7H2,1H3,(H2,22,26,29)(H2,23,27,30)/b24-8+,25-11-. The number of hydrazone groups is 2. The van der Waals surface area contributed by atoms with Gasteiger partial charge in [0.05, 0.1) is 5.71 Å². The van der Waals surface area contributed by atoms with Crippen molar-refractivity contribution in [3.63, 3.8) is 0 Å². The van der Waals surface area contributed by atoms with Crippen molar-refractivity contribution in [1.29, 1.82) is 0 Å². The van der Waals surface area contributed by atoms with Crippen molar-refractivity contribution in [3.8, 4) is 5.75 Å². The van der Waals surface area contributed by atoms with Crippen LogP contribution in [-0.4, -0.2) is 52.2 Å². The molecule has 5 N–H and O–H groups in total. The normalized spacial score (nSPS) is 12.9. The van der Waals surface area contributed by atoms with Crippen molar-refractivity contribution in [2.75, 3.05) is 13.1 Å². The Morgan fingerprint density at radius 3 is 1.73 bits per heavy atom. The van der Waals surface area contributed by atoms with Crippen molar-refractivity contribution < 1.29 is 31.4 Å². The molecule has 0 radical (unpaired) electrons. The molecule has 0 spiro atoms. The Morgan fingerprint density at radius 2 is 1.30 bits per heavy atom. The number of benzene rings is 1. The lowest BCUT2D eigenvalue weighted by molar-refractivity contribution is -0.122. The predicted octanol–water partition coefficient (Wildman–Crippen LogP) is 2.53. The summed E-state index contributed by atoms with van der Waals surface area (Å²) < 4.78 is 73.3. The van der Waals surface area contributed by atoms with Crippen LogP contribution in [0.25, 0.3) is 0 Å². The second-order valence-corrected chi connectivity index (χ2v) is 6.34. The van der Waals surface area contributed by atoms with Crippen molar-refractivity contribution >= 4 is 46.1 Å². The third kappa shape index (κ3) is 10.8. The third-order valence-corrected chi connectivity index (χ3v) is 3.45. The highest BCUT2D eigenvalue weighted by atomic mass is 32.1. The summed E-state index contributed by atoms with van der Waals surface area (Å²) in [6.45, 7) is -1.33. The molecule has 0 saturated heterocycles. The van der Waals surface area contributed by atoms with Gasteiger partial charge in [0.25, 0.3) is 0 Å². The lowest BCUT2D eigenvalue weighted by Crippen LogP contribution is -2.40. The molecule has 7 nitrogen and oxygen atoms in total. The number of phenolic OH excluding ortho intramolecular Hbond substituents is 1. The molecule has 0 unspecified atom stereocenters. The molecule has 0 aliphatic carbocycles.